The molecule has 82 valence electrons. The molecule has 4 nitrogen and oxygen atoms in total. The van der Waals surface area contributed by atoms with Gasteiger partial charge in [0.15, 0.2) is 0 Å². The lowest BCUT2D eigenvalue weighted by Gasteiger charge is -2.13. The summed E-state index contributed by atoms with van der Waals surface area (Å²) in [5.41, 5.74) is 6.05. The maximum absolute atomic E-state index is 10.8. The predicted octanol–water partition coefficient (Wildman–Crippen LogP) is 1.50. The maximum Gasteiger partial charge on any atom is 0.325 e. The Morgan fingerprint density at radius 2 is 2.27 bits per heavy atom. The first-order chi connectivity index (χ1) is 7.10. The van der Waals surface area contributed by atoms with Crippen LogP contribution >= 0.6 is 11.8 Å². The highest BCUT2D eigenvalue weighted by atomic mass is 32.2. The number of hydrogen-bond donors (Lipinski definition) is 2. The Kier molecular flexibility index (Phi) is 3.99. The fraction of sp³-hybridized carbons (Fsp3) is 0.300. The number of rotatable bonds is 4. The molecule has 0 bridgehead atoms. The van der Waals surface area contributed by atoms with E-state index in [0.717, 1.165) is 4.90 Å². The van der Waals surface area contributed by atoms with Crippen molar-refractivity contribution < 1.29 is 14.6 Å². The average molecular weight is 227 g/mol. The molecule has 0 aliphatic rings. The first-order valence-electron chi connectivity index (χ1n) is 4.30. The highest BCUT2D eigenvalue weighted by Gasteiger charge is 2.19. The van der Waals surface area contributed by atoms with E-state index < -0.39 is 12.0 Å². The summed E-state index contributed by atoms with van der Waals surface area (Å²) in [7, 11) is 1.49. The van der Waals surface area contributed by atoms with Crippen molar-refractivity contribution in [3.63, 3.8) is 0 Å². The van der Waals surface area contributed by atoms with Crippen LogP contribution in [0.5, 0.6) is 5.75 Å². The van der Waals surface area contributed by atoms with Crippen molar-refractivity contribution in [2.24, 2.45) is 5.73 Å². The van der Waals surface area contributed by atoms with Crippen LogP contribution in [-0.4, -0.2) is 24.4 Å². The molecule has 0 aromatic heterocycles. The Hall–Kier alpha value is -1.20. The van der Waals surface area contributed by atoms with E-state index in [4.69, 9.17) is 15.6 Å². The van der Waals surface area contributed by atoms with Crippen LogP contribution in [0.25, 0.3) is 0 Å². The fourth-order valence-electron chi connectivity index (χ4n) is 1.22. The Bertz CT molecular complexity index is 368. The van der Waals surface area contributed by atoms with Gasteiger partial charge in [0.2, 0.25) is 0 Å². The summed E-state index contributed by atoms with van der Waals surface area (Å²) in [5.74, 6) is -0.561. The van der Waals surface area contributed by atoms with Crippen molar-refractivity contribution in [2.45, 2.75) is 10.9 Å². The molecule has 3 N–H and O–H groups in total. The summed E-state index contributed by atoms with van der Waals surface area (Å²) < 4.78 is 5.06. The van der Waals surface area contributed by atoms with Crippen LogP contribution < -0.4 is 10.5 Å². The number of ether oxygens (including phenoxy) is 1. The van der Waals surface area contributed by atoms with E-state index in [2.05, 4.69) is 0 Å². The lowest BCUT2D eigenvalue weighted by atomic mass is 10.1. The molecule has 0 heterocycles. The maximum atomic E-state index is 10.8. The molecule has 1 atom stereocenters. The second-order valence-electron chi connectivity index (χ2n) is 2.92. The van der Waals surface area contributed by atoms with Crippen LogP contribution in [0.15, 0.2) is 23.1 Å². The number of benzene rings is 1. The van der Waals surface area contributed by atoms with Gasteiger partial charge in [-0.1, -0.05) is 0 Å². The lowest BCUT2D eigenvalue weighted by Crippen LogP contribution is -2.21. The molecule has 0 aliphatic carbocycles. The summed E-state index contributed by atoms with van der Waals surface area (Å²) in [5, 5.41) is 8.83. The van der Waals surface area contributed by atoms with Gasteiger partial charge in [0.05, 0.1) is 7.11 Å². The molecule has 1 aromatic carbocycles. The molecule has 1 unspecified atom stereocenters. The van der Waals surface area contributed by atoms with Gasteiger partial charge in [-0.25, -0.2) is 0 Å². The van der Waals surface area contributed by atoms with Crippen molar-refractivity contribution in [3.05, 3.63) is 23.8 Å². The first kappa shape index (κ1) is 11.9. The van der Waals surface area contributed by atoms with Crippen molar-refractivity contribution >= 4 is 17.7 Å². The van der Waals surface area contributed by atoms with Crippen molar-refractivity contribution in [1.82, 2.24) is 0 Å². The van der Waals surface area contributed by atoms with Gasteiger partial charge in [0.1, 0.15) is 11.8 Å². The number of carbonyl (C=O) groups is 1. The first-order valence-corrected chi connectivity index (χ1v) is 5.53. The van der Waals surface area contributed by atoms with Crippen LogP contribution in [0.3, 0.4) is 0 Å². The molecule has 0 spiro atoms. The fourth-order valence-corrected chi connectivity index (χ4v) is 1.66. The second kappa shape index (κ2) is 5.04. The lowest BCUT2D eigenvalue weighted by molar-refractivity contribution is -0.138. The van der Waals surface area contributed by atoms with E-state index in [1.165, 1.54) is 18.9 Å². The zero-order valence-corrected chi connectivity index (χ0v) is 9.38. The smallest absolute Gasteiger partial charge is 0.325 e. The van der Waals surface area contributed by atoms with E-state index in [1.807, 2.05) is 12.3 Å². The quantitative estimate of drug-likeness (QED) is 0.763. The zero-order chi connectivity index (χ0) is 11.4. The third kappa shape index (κ3) is 2.64. The van der Waals surface area contributed by atoms with Gasteiger partial charge in [-0.2, -0.15) is 0 Å². The normalized spacial score (nSPS) is 12.2. The van der Waals surface area contributed by atoms with Gasteiger partial charge in [-0.05, 0) is 24.5 Å². The molecule has 0 saturated heterocycles. The summed E-state index contributed by atoms with van der Waals surface area (Å²) >= 11 is 1.53. The molecule has 1 rings (SSSR count). The molecular weight excluding hydrogens is 214 g/mol. The van der Waals surface area contributed by atoms with Crippen LogP contribution in [0, 0.1) is 0 Å². The molecule has 0 amide bonds. The number of carboxylic acids is 1. The molecule has 0 saturated carbocycles. The number of carboxylic acid groups (broad SMARTS) is 1. The minimum Gasteiger partial charge on any atom is -0.496 e. The van der Waals surface area contributed by atoms with E-state index in [1.54, 1.807) is 12.1 Å². The van der Waals surface area contributed by atoms with Crippen molar-refractivity contribution in [1.29, 1.82) is 0 Å². The number of aliphatic carboxylic acids is 1. The van der Waals surface area contributed by atoms with Crippen LogP contribution in [0.4, 0.5) is 0 Å². The third-order valence-electron chi connectivity index (χ3n) is 2.04. The van der Waals surface area contributed by atoms with Gasteiger partial charge in [-0.15, -0.1) is 11.8 Å². The molecular formula is C10H13NO3S. The van der Waals surface area contributed by atoms with Crippen LogP contribution in [0.1, 0.15) is 11.6 Å². The molecule has 15 heavy (non-hydrogen) atoms. The van der Waals surface area contributed by atoms with Crippen molar-refractivity contribution in [2.75, 3.05) is 13.4 Å². The van der Waals surface area contributed by atoms with E-state index in [-0.39, 0.29) is 0 Å². The average Bonchev–Trinajstić information content (AvgIpc) is 2.27. The van der Waals surface area contributed by atoms with Gasteiger partial charge in [0, 0.05) is 10.5 Å². The van der Waals surface area contributed by atoms with Crippen molar-refractivity contribution in [3.8, 4) is 5.75 Å². The highest BCUT2D eigenvalue weighted by molar-refractivity contribution is 7.98. The molecule has 5 heteroatoms. The SMILES string of the molecule is COc1ccc(SC)cc1C(N)C(=O)O. The minimum absolute atomic E-state index is 0.497. The zero-order valence-electron chi connectivity index (χ0n) is 8.56. The molecule has 0 fully saturated rings. The molecule has 0 aliphatic heterocycles. The number of hydrogen-bond acceptors (Lipinski definition) is 4. The van der Waals surface area contributed by atoms with Crippen LogP contribution in [0.2, 0.25) is 0 Å². The van der Waals surface area contributed by atoms with Gasteiger partial charge >= 0.3 is 5.97 Å². The summed E-state index contributed by atoms with van der Waals surface area (Å²) in [4.78, 5) is 11.7. The summed E-state index contributed by atoms with van der Waals surface area (Å²) in [6, 6.07) is 4.28. The molecule has 0 radical (unpaired) electrons. The monoisotopic (exact) mass is 227 g/mol. The van der Waals surface area contributed by atoms with Crippen LogP contribution in [-0.2, 0) is 4.79 Å². The van der Waals surface area contributed by atoms with Gasteiger partial charge in [-0.3, -0.25) is 4.79 Å². The second-order valence-corrected chi connectivity index (χ2v) is 3.80. The Balaban J connectivity index is 3.16. The summed E-state index contributed by atoms with van der Waals surface area (Å²) in [6.45, 7) is 0. The van der Waals surface area contributed by atoms with Gasteiger partial charge < -0.3 is 15.6 Å². The Labute approximate surface area is 92.4 Å². The number of nitrogens with two attached hydrogens (primary N) is 1. The largest absolute Gasteiger partial charge is 0.496 e. The highest BCUT2D eigenvalue weighted by Crippen LogP contribution is 2.28. The Morgan fingerprint density at radius 3 is 2.73 bits per heavy atom. The third-order valence-corrected chi connectivity index (χ3v) is 2.76. The number of thioether (sulfide) groups is 1. The van der Waals surface area contributed by atoms with E-state index >= 15 is 0 Å². The number of methoxy groups -OCH3 is 1. The molecule has 1 aromatic rings. The predicted molar refractivity (Wildman–Crippen MR) is 59.3 cm³/mol. The summed E-state index contributed by atoms with van der Waals surface area (Å²) in [6.07, 6.45) is 1.91. The standard InChI is InChI=1S/C10H13NO3S/c1-14-8-4-3-6(15-2)5-7(8)9(11)10(12)13/h3-5,9H,11H2,1-2H3,(H,12,13). The van der Waals surface area contributed by atoms with E-state index in [9.17, 15) is 4.79 Å². The van der Waals surface area contributed by atoms with E-state index in [0.29, 0.717) is 11.3 Å². The minimum atomic E-state index is -1.06. The topological polar surface area (TPSA) is 72.5 Å². The van der Waals surface area contributed by atoms with Gasteiger partial charge in [0.25, 0.3) is 0 Å². The Morgan fingerprint density at radius 1 is 1.60 bits per heavy atom.